The Morgan fingerprint density at radius 3 is 2.25 bits per heavy atom. The molecule has 1 unspecified atom stereocenters. The first-order chi connectivity index (χ1) is 20.7. The molecule has 3 aromatic carbocycles. The minimum Gasteiger partial charge on any atom is -0.480 e. The second-order valence-corrected chi connectivity index (χ2v) is 13.4. The van der Waals surface area contributed by atoms with Gasteiger partial charge in [-0.2, -0.15) is 4.31 Å². The number of hydrogen-bond acceptors (Lipinski definition) is 8. The Morgan fingerprint density at radius 1 is 1.02 bits per heavy atom. The van der Waals surface area contributed by atoms with E-state index in [1.165, 1.54) is 35.5 Å². The maximum atomic E-state index is 13.7. The van der Waals surface area contributed by atoms with Crippen LogP contribution < -0.4 is 20.7 Å². The zero-order valence-corrected chi connectivity index (χ0v) is 26.3. The van der Waals surface area contributed by atoms with Crippen LogP contribution in [0.25, 0.3) is 0 Å². The fourth-order valence-electron chi connectivity index (χ4n) is 4.83. The first-order valence-corrected chi connectivity index (χ1v) is 15.7. The van der Waals surface area contributed by atoms with Crippen molar-refractivity contribution in [3.8, 4) is 5.75 Å². The van der Waals surface area contributed by atoms with Crippen molar-refractivity contribution >= 4 is 27.6 Å². The first-order valence-electron chi connectivity index (χ1n) is 14.3. The summed E-state index contributed by atoms with van der Waals surface area (Å²) in [5.41, 5.74) is 7.17. The SMILES string of the molecule is CC(C)NC(=O)C(C)OC(=O)[C@@H](N)Cc1cccc(S(=O)(=O)N2CC(Oc3ccc(N(C)C)cc3)(c3ccc(F)cc3)C2)c1. The summed E-state index contributed by atoms with van der Waals surface area (Å²) in [5.74, 6) is -1.06. The predicted molar refractivity (Wildman–Crippen MR) is 165 cm³/mol. The van der Waals surface area contributed by atoms with E-state index >= 15 is 0 Å². The van der Waals surface area contributed by atoms with E-state index in [4.69, 9.17) is 15.2 Å². The van der Waals surface area contributed by atoms with Crippen LogP contribution in [0.3, 0.4) is 0 Å². The van der Waals surface area contributed by atoms with Gasteiger partial charge in [-0.15, -0.1) is 0 Å². The lowest BCUT2D eigenvalue weighted by Gasteiger charge is -2.49. The van der Waals surface area contributed by atoms with Crippen molar-refractivity contribution in [2.75, 3.05) is 32.1 Å². The molecule has 10 nitrogen and oxygen atoms in total. The Morgan fingerprint density at radius 2 is 1.66 bits per heavy atom. The van der Waals surface area contributed by atoms with Crippen molar-refractivity contribution in [3.05, 3.63) is 89.7 Å². The molecule has 1 heterocycles. The van der Waals surface area contributed by atoms with Gasteiger partial charge in [0.1, 0.15) is 17.6 Å². The topological polar surface area (TPSA) is 131 Å². The number of ether oxygens (including phenoxy) is 2. The number of rotatable bonds is 12. The maximum absolute atomic E-state index is 13.7. The number of carbonyl (C=O) groups is 2. The van der Waals surface area contributed by atoms with Gasteiger partial charge in [-0.05, 0) is 86.8 Å². The van der Waals surface area contributed by atoms with E-state index in [0.29, 0.717) is 16.9 Å². The van der Waals surface area contributed by atoms with E-state index in [2.05, 4.69) is 5.32 Å². The highest BCUT2D eigenvalue weighted by atomic mass is 32.2. The maximum Gasteiger partial charge on any atom is 0.324 e. The molecule has 1 amide bonds. The van der Waals surface area contributed by atoms with E-state index in [0.717, 1.165) is 5.69 Å². The number of carbonyl (C=O) groups excluding carboxylic acids is 2. The van der Waals surface area contributed by atoms with Crippen molar-refractivity contribution in [1.29, 1.82) is 0 Å². The van der Waals surface area contributed by atoms with Crippen LogP contribution in [-0.4, -0.2) is 70.0 Å². The van der Waals surface area contributed by atoms with Gasteiger partial charge in [-0.25, -0.2) is 12.8 Å². The van der Waals surface area contributed by atoms with E-state index in [-0.39, 0.29) is 30.4 Å². The van der Waals surface area contributed by atoms with E-state index < -0.39 is 45.5 Å². The highest BCUT2D eigenvalue weighted by Crippen LogP contribution is 2.40. The molecule has 1 aliphatic rings. The van der Waals surface area contributed by atoms with Crippen LogP contribution in [0.1, 0.15) is 31.9 Å². The Kier molecular flexibility index (Phi) is 9.97. The number of halogens is 1. The van der Waals surface area contributed by atoms with Gasteiger partial charge in [-0.3, -0.25) is 9.59 Å². The summed E-state index contributed by atoms with van der Waals surface area (Å²) >= 11 is 0. The summed E-state index contributed by atoms with van der Waals surface area (Å²) in [4.78, 5) is 26.6. The van der Waals surface area contributed by atoms with Gasteiger partial charge < -0.3 is 25.4 Å². The number of benzene rings is 3. The van der Waals surface area contributed by atoms with Gasteiger partial charge >= 0.3 is 5.97 Å². The van der Waals surface area contributed by atoms with E-state index in [1.54, 1.807) is 38.1 Å². The Bertz CT molecular complexity index is 1570. The van der Waals surface area contributed by atoms with Gasteiger partial charge in [0.2, 0.25) is 10.0 Å². The molecule has 0 aliphatic carbocycles. The van der Waals surface area contributed by atoms with E-state index in [1.807, 2.05) is 43.3 Å². The Hall–Kier alpha value is -4.00. The summed E-state index contributed by atoms with van der Waals surface area (Å²) in [7, 11) is -0.108. The third-order valence-electron chi connectivity index (χ3n) is 7.29. The fourth-order valence-corrected chi connectivity index (χ4v) is 6.43. The number of nitrogens with two attached hydrogens (primary N) is 1. The van der Waals surface area contributed by atoms with Crippen LogP contribution in [-0.2, 0) is 36.4 Å². The predicted octanol–water partition coefficient (Wildman–Crippen LogP) is 3.20. The average Bonchev–Trinajstić information content (AvgIpc) is 2.95. The molecule has 12 heteroatoms. The van der Waals surface area contributed by atoms with Crippen molar-refractivity contribution < 1.29 is 31.9 Å². The Labute approximate surface area is 258 Å². The van der Waals surface area contributed by atoms with Crippen molar-refractivity contribution in [1.82, 2.24) is 9.62 Å². The minimum absolute atomic E-state index is 0.00277. The van der Waals surface area contributed by atoms with E-state index in [9.17, 15) is 22.4 Å². The number of nitrogens with zero attached hydrogens (tertiary/aromatic N) is 2. The van der Waals surface area contributed by atoms with Crippen LogP contribution in [0.2, 0.25) is 0 Å². The molecule has 1 aliphatic heterocycles. The number of nitrogens with one attached hydrogen (secondary N) is 1. The summed E-state index contributed by atoms with van der Waals surface area (Å²) < 4.78 is 54.0. The molecule has 0 spiro atoms. The van der Waals surface area contributed by atoms with Gasteiger partial charge in [0, 0.05) is 25.8 Å². The van der Waals surface area contributed by atoms with Gasteiger partial charge in [0.25, 0.3) is 5.91 Å². The largest absolute Gasteiger partial charge is 0.480 e. The molecule has 1 fully saturated rings. The second-order valence-electron chi connectivity index (χ2n) is 11.5. The average molecular weight is 627 g/mol. The standard InChI is InChI=1S/C32H39FN4O6S/c1-21(2)35-30(38)22(3)42-31(39)29(34)18-23-7-6-8-28(17-23)44(40,41)37-19-32(20-37,24-9-11-25(33)12-10-24)43-27-15-13-26(14-16-27)36(4)5/h6-17,21-22,29H,18-20,34H2,1-5H3,(H,35,38)/t22?,29-/m0/s1. The summed E-state index contributed by atoms with van der Waals surface area (Å²) in [6, 6.07) is 18.2. The molecule has 3 aromatic rings. The molecule has 0 radical (unpaired) electrons. The molecule has 236 valence electrons. The lowest BCUT2D eigenvalue weighted by molar-refractivity contribution is -0.156. The zero-order valence-electron chi connectivity index (χ0n) is 25.5. The third-order valence-corrected chi connectivity index (χ3v) is 9.08. The van der Waals surface area contributed by atoms with Crippen LogP contribution in [0.4, 0.5) is 10.1 Å². The van der Waals surface area contributed by atoms with Crippen LogP contribution in [0, 0.1) is 5.82 Å². The smallest absolute Gasteiger partial charge is 0.324 e. The summed E-state index contributed by atoms with van der Waals surface area (Å²) in [6.07, 6.45) is -1.02. The van der Waals surface area contributed by atoms with Crippen LogP contribution in [0.5, 0.6) is 5.75 Å². The molecule has 0 saturated carbocycles. The number of anilines is 1. The summed E-state index contributed by atoms with van der Waals surface area (Å²) in [6.45, 7) is 5.04. The molecule has 0 bridgehead atoms. The molecular formula is C32H39FN4O6S. The van der Waals surface area contributed by atoms with Gasteiger partial charge in [-0.1, -0.05) is 24.3 Å². The molecule has 4 rings (SSSR count). The van der Waals surface area contributed by atoms with Crippen molar-refractivity contribution in [2.24, 2.45) is 5.73 Å². The molecule has 3 N–H and O–H groups in total. The number of sulfonamides is 1. The molecular weight excluding hydrogens is 587 g/mol. The summed E-state index contributed by atoms with van der Waals surface area (Å²) in [5, 5.41) is 2.66. The molecule has 44 heavy (non-hydrogen) atoms. The highest BCUT2D eigenvalue weighted by molar-refractivity contribution is 7.89. The third kappa shape index (κ3) is 7.55. The van der Waals surface area contributed by atoms with Gasteiger partial charge in [0.05, 0.1) is 18.0 Å². The van der Waals surface area contributed by atoms with Crippen molar-refractivity contribution in [2.45, 2.75) is 55.9 Å². The van der Waals surface area contributed by atoms with Crippen LogP contribution in [0.15, 0.2) is 77.7 Å². The normalized spacial score (nSPS) is 16.0. The lowest BCUT2D eigenvalue weighted by Crippen LogP contribution is -2.64. The monoisotopic (exact) mass is 626 g/mol. The first kappa shape index (κ1) is 32.9. The quantitative estimate of drug-likeness (QED) is 0.293. The number of hydrogen-bond donors (Lipinski definition) is 2. The zero-order chi connectivity index (χ0) is 32.2. The van der Waals surface area contributed by atoms with Crippen molar-refractivity contribution in [3.63, 3.8) is 0 Å². The highest BCUT2D eigenvalue weighted by Gasteiger charge is 2.52. The Balaban J connectivity index is 1.48. The molecule has 1 saturated heterocycles. The molecule has 2 atom stereocenters. The lowest BCUT2D eigenvalue weighted by atomic mass is 9.87. The minimum atomic E-state index is -3.96. The number of esters is 1. The van der Waals surface area contributed by atoms with Gasteiger partial charge in [0.15, 0.2) is 11.7 Å². The fraction of sp³-hybridized carbons (Fsp3) is 0.375. The second kappa shape index (κ2) is 13.3. The van der Waals surface area contributed by atoms with Crippen LogP contribution >= 0.6 is 0 Å². The molecule has 0 aromatic heterocycles. The number of amides is 1.